The Morgan fingerprint density at radius 2 is 1.65 bits per heavy atom. The lowest BCUT2D eigenvalue weighted by Crippen LogP contribution is -2.66. The van der Waals surface area contributed by atoms with Crippen LogP contribution in [0.25, 0.3) is 0 Å². The standard InChI is InChI=1S/C20H34O3/c1-17(12-21)6-3-7-18(2)15(17)5-9-19-8-4-14(10-16(18)19)20(23,11-19)13-22/h14-16,21-23H,3-13H2,1-2H3/t14-,15+,16-,17-,18+,19+,20-/m0/s1. The fraction of sp³-hybridized carbons (Fsp3) is 1.00. The molecule has 0 amide bonds. The Morgan fingerprint density at radius 1 is 0.913 bits per heavy atom. The minimum atomic E-state index is -0.826. The summed E-state index contributed by atoms with van der Waals surface area (Å²) in [4.78, 5) is 0. The number of rotatable bonds is 2. The topological polar surface area (TPSA) is 60.7 Å². The van der Waals surface area contributed by atoms with E-state index in [1.807, 2.05) is 0 Å². The summed E-state index contributed by atoms with van der Waals surface area (Å²) in [5, 5.41) is 30.8. The third-order valence-electron chi connectivity index (χ3n) is 9.13. The number of aliphatic hydroxyl groups excluding tert-OH is 2. The number of hydrogen-bond donors (Lipinski definition) is 3. The summed E-state index contributed by atoms with van der Waals surface area (Å²) < 4.78 is 0. The van der Waals surface area contributed by atoms with Crippen molar-refractivity contribution in [2.24, 2.45) is 34.0 Å². The van der Waals surface area contributed by atoms with Crippen molar-refractivity contribution in [2.75, 3.05) is 13.2 Å². The molecule has 5 fully saturated rings. The van der Waals surface area contributed by atoms with Crippen LogP contribution in [0, 0.1) is 34.0 Å². The van der Waals surface area contributed by atoms with Gasteiger partial charge in [0.05, 0.1) is 12.2 Å². The lowest BCUT2D eigenvalue weighted by atomic mass is 9.36. The van der Waals surface area contributed by atoms with Gasteiger partial charge in [-0.2, -0.15) is 0 Å². The largest absolute Gasteiger partial charge is 0.396 e. The zero-order valence-electron chi connectivity index (χ0n) is 14.9. The molecule has 3 N–H and O–H groups in total. The van der Waals surface area contributed by atoms with Crippen LogP contribution in [0.1, 0.15) is 71.6 Å². The second kappa shape index (κ2) is 4.95. The summed E-state index contributed by atoms with van der Waals surface area (Å²) in [7, 11) is 0. The van der Waals surface area contributed by atoms with Gasteiger partial charge in [0, 0.05) is 6.61 Å². The molecule has 0 aromatic rings. The maximum atomic E-state index is 10.9. The van der Waals surface area contributed by atoms with Crippen molar-refractivity contribution in [3.8, 4) is 0 Å². The molecule has 5 saturated carbocycles. The molecule has 5 aliphatic rings. The van der Waals surface area contributed by atoms with Crippen LogP contribution in [0.5, 0.6) is 0 Å². The highest BCUT2D eigenvalue weighted by Crippen LogP contribution is 2.72. The Balaban J connectivity index is 1.71. The fourth-order valence-corrected chi connectivity index (χ4v) is 8.02. The van der Waals surface area contributed by atoms with Crippen LogP contribution < -0.4 is 0 Å². The van der Waals surface area contributed by atoms with Crippen molar-refractivity contribution >= 4 is 0 Å². The van der Waals surface area contributed by atoms with E-state index in [2.05, 4.69) is 13.8 Å². The van der Waals surface area contributed by atoms with E-state index in [0.717, 1.165) is 25.7 Å². The van der Waals surface area contributed by atoms with Crippen LogP contribution in [0.3, 0.4) is 0 Å². The Labute approximate surface area is 140 Å². The molecule has 132 valence electrons. The molecule has 0 unspecified atom stereocenters. The predicted octanol–water partition coefficient (Wildman–Crippen LogP) is 3.12. The molecular weight excluding hydrogens is 288 g/mol. The molecule has 23 heavy (non-hydrogen) atoms. The van der Waals surface area contributed by atoms with Gasteiger partial charge >= 0.3 is 0 Å². The Bertz CT molecular complexity index is 493. The van der Waals surface area contributed by atoms with Gasteiger partial charge in [-0.05, 0) is 85.4 Å². The Hall–Kier alpha value is -0.120. The second-order valence-corrected chi connectivity index (χ2v) is 10.1. The van der Waals surface area contributed by atoms with E-state index >= 15 is 0 Å². The minimum Gasteiger partial charge on any atom is -0.396 e. The highest BCUT2D eigenvalue weighted by Gasteiger charge is 2.66. The van der Waals surface area contributed by atoms with Gasteiger partial charge in [0.25, 0.3) is 0 Å². The van der Waals surface area contributed by atoms with Gasteiger partial charge in [-0.15, -0.1) is 0 Å². The van der Waals surface area contributed by atoms with Crippen LogP contribution in [-0.4, -0.2) is 34.1 Å². The predicted molar refractivity (Wildman–Crippen MR) is 89.8 cm³/mol. The first-order valence-electron chi connectivity index (χ1n) is 9.76. The smallest absolute Gasteiger partial charge is 0.0910 e. The zero-order chi connectivity index (χ0) is 16.5. The van der Waals surface area contributed by atoms with Crippen molar-refractivity contribution in [3.05, 3.63) is 0 Å². The van der Waals surface area contributed by atoms with Crippen LogP contribution in [0.4, 0.5) is 0 Å². The molecule has 1 spiro atoms. The highest BCUT2D eigenvalue weighted by molar-refractivity contribution is 5.16. The molecule has 0 heterocycles. The SMILES string of the molecule is C[C@@]1(CO)CCC[C@]2(C)[C@@H]1CC[C@@]13CC[C@@H](C[C@H]12)[C@@](O)(CO)C3. The highest BCUT2D eigenvalue weighted by atomic mass is 16.3. The van der Waals surface area contributed by atoms with E-state index in [9.17, 15) is 15.3 Å². The average Bonchev–Trinajstić information content (AvgIpc) is 2.54. The number of fused-ring (bicyclic) bond motifs is 3. The van der Waals surface area contributed by atoms with E-state index in [4.69, 9.17) is 0 Å². The summed E-state index contributed by atoms with van der Waals surface area (Å²) in [6.45, 7) is 5.05. The summed E-state index contributed by atoms with van der Waals surface area (Å²) in [5.41, 5.74) is -0.194. The number of hydrogen-bond acceptors (Lipinski definition) is 3. The molecule has 0 aliphatic heterocycles. The fourth-order valence-electron chi connectivity index (χ4n) is 8.02. The number of aliphatic hydroxyl groups is 3. The maximum absolute atomic E-state index is 10.9. The van der Waals surface area contributed by atoms with Crippen molar-refractivity contribution in [2.45, 2.75) is 77.2 Å². The van der Waals surface area contributed by atoms with Gasteiger partial charge in [0.1, 0.15) is 0 Å². The molecule has 0 radical (unpaired) electrons. The van der Waals surface area contributed by atoms with Crippen LogP contribution in [-0.2, 0) is 0 Å². The third-order valence-corrected chi connectivity index (χ3v) is 9.13. The molecule has 0 aromatic carbocycles. The first-order valence-corrected chi connectivity index (χ1v) is 9.76. The van der Waals surface area contributed by atoms with Gasteiger partial charge in [-0.1, -0.05) is 20.3 Å². The Kier molecular flexibility index (Phi) is 3.52. The molecule has 5 aliphatic carbocycles. The van der Waals surface area contributed by atoms with E-state index < -0.39 is 5.60 Å². The summed E-state index contributed by atoms with van der Waals surface area (Å²) in [5.74, 6) is 1.56. The molecule has 0 saturated heterocycles. The van der Waals surface area contributed by atoms with Crippen molar-refractivity contribution in [1.29, 1.82) is 0 Å². The molecular formula is C20H34O3. The van der Waals surface area contributed by atoms with E-state index in [1.54, 1.807) is 0 Å². The second-order valence-electron chi connectivity index (χ2n) is 10.1. The zero-order valence-corrected chi connectivity index (χ0v) is 14.9. The minimum absolute atomic E-state index is 0.0688. The van der Waals surface area contributed by atoms with Crippen LogP contribution in [0.2, 0.25) is 0 Å². The van der Waals surface area contributed by atoms with Crippen LogP contribution >= 0.6 is 0 Å². The summed E-state index contributed by atoms with van der Waals surface area (Å²) in [6, 6.07) is 0. The summed E-state index contributed by atoms with van der Waals surface area (Å²) in [6.07, 6.45) is 10.3. The van der Waals surface area contributed by atoms with Crippen molar-refractivity contribution < 1.29 is 15.3 Å². The average molecular weight is 322 g/mol. The molecule has 7 atom stereocenters. The first-order chi connectivity index (χ1) is 10.8. The molecule has 5 rings (SSSR count). The molecule has 3 nitrogen and oxygen atoms in total. The monoisotopic (exact) mass is 322 g/mol. The van der Waals surface area contributed by atoms with Gasteiger partial charge in [0.2, 0.25) is 0 Å². The van der Waals surface area contributed by atoms with Gasteiger partial charge in [-0.25, -0.2) is 0 Å². The van der Waals surface area contributed by atoms with E-state index in [-0.39, 0.29) is 23.4 Å². The quantitative estimate of drug-likeness (QED) is 0.732. The lowest BCUT2D eigenvalue weighted by Gasteiger charge is -2.70. The van der Waals surface area contributed by atoms with Gasteiger partial charge in [-0.3, -0.25) is 0 Å². The van der Waals surface area contributed by atoms with Crippen LogP contribution in [0.15, 0.2) is 0 Å². The van der Waals surface area contributed by atoms with Crippen molar-refractivity contribution in [3.63, 3.8) is 0 Å². The van der Waals surface area contributed by atoms with E-state index in [0.29, 0.717) is 23.9 Å². The lowest BCUT2D eigenvalue weighted by molar-refractivity contribution is -0.246. The maximum Gasteiger partial charge on any atom is 0.0910 e. The van der Waals surface area contributed by atoms with E-state index in [1.165, 1.54) is 32.1 Å². The Morgan fingerprint density at radius 3 is 2.35 bits per heavy atom. The summed E-state index contributed by atoms with van der Waals surface area (Å²) >= 11 is 0. The normalized spacial score (nSPS) is 58.6. The molecule has 3 heteroatoms. The molecule has 0 aromatic heterocycles. The van der Waals surface area contributed by atoms with Crippen molar-refractivity contribution in [1.82, 2.24) is 0 Å². The molecule has 2 bridgehead atoms. The van der Waals surface area contributed by atoms with Gasteiger partial charge in [0.15, 0.2) is 0 Å². The third kappa shape index (κ3) is 1.99. The first kappa shape index (κ1) is 16.4. The van der Waals surface area contributed by atoms with Gasteiger partial charge < -0.3 is 15.3 Å².